The van der Waals surface area contributed by atoms with Gasteiger partial charge in [-0.3, -0.25) is 9.89 Å². The molecule has 0 aliphatic carbocycles. The summed E-state index contributed by atoms with van der Waals surface area (Å²) in [6.45, 7) is 0.661. The van der Waals surface area contributed by atoms with E-state index >= 15 is 0 Å². The molecule has 1 aliphatic heterocycles. The van der Waals surface area contributed by atoms with Gasteiger partial charge in [0.05, 0.1) is 21.5 Å². The zero-order valence-corrected chi connectivity index (χ0v) is 13.6. The summed E-state index contributed by atoms with van der Waals surface area (Å²) in [5.74, 6) is -0.139. The van der Waals surface area contributed by atoms with E-state index in [2.05, 4.69) is 14.9 Å². The average molecular weight is 340 g/mol. The van der Waals surface area contributed by atoms with E-state index in [1.807, 2.05) is 6.07 Å². The highest BCUT2D eigenvalue weighted by atomic mass is 32.2. The molecule has 22 heavy (non-hydrogen) atoms. The first kappa shape index (κ1) is 15.2. The highest BCUT2D eigenvalue weighted by Gasteiger charge is 2.32. The van der Waals surface area contributed by atoms with Crippen molar-refractivity contribution in [2.24, 2.45) is 0 Å². The molecule has 0 radical (unpaired) electrons. The Hall–Kier alpha value is -1.71. The molecule has 1 amide bonds. The van der Waals surface area contributed by atoms with Gasteiger partial charge in [0.15, 0.2) is 0 Å². The van der Waals surface area contributed by atoms with Crippen molar-refractivity contribution >= 4 is 27.3 Å². The molecule has 3 rings (SSSR count). The summed E-state index contributed by atoms with van der Waals surface area (Å²) in [6.07, 6.45) is 3.46. The van der Waals surface area contributed by atoms with Crippen LogP contribution in [0.3, 0.4) is 0 Å². The number of carbonyl (C=O) groups is 1. The van der Waals surface area contributed by atoms with Gasteiger partial charge in [0.1, 0.15) is 0 Å². The van der Waals surface area contributed by atoms with Gasteiger partial charge in [0.25, 0.3) is 5.91 Å². The van der Waals surface area contributed by atoms with E-state index < -0.39 is 10.0 Å². The van der Waals surface area contributed by atoms with Crippen molar-refractivity contribution in [3.05, 3.63) is 34.3 Å². The van der Waals surface area contributed by atoms with Crippen LogP contribution in [0.5, 0.6) is 0 Å². The van der Waals surface area contributed by atoms with Crippen molar-refractivity contribution < 1.29 is 13.2 Å². The number of amides is 1. The molecule has 2 aromatic heterocycles. The Kier molecular flexibility index (Phi) is 4.02. The van der Waals surface area contributed by atoms with Crippen molar-refractivity contribution in [2.75, 3.05) is 13.6 Å². The quantitative estimate of drug-likeness (QED) is 0.878. The Bertz CT molecular complexity index is 767. The summed E-state index contributed by atoms with van der Waals surface area (Å²) in [5, 5.41) is 8.33. The summed E-state index contributed by atoms with van der Waals surface area (Å²) in [4.78, 5) is 15.0. The number of nitrogens with one attached hydrogen (secondary N) is 2. The summed E-state index contributed by atoms with van der Waals surface area (Å²) >= 11 is 1.15. The minimum absolute atomic E-state index is 0.0264. The number of sulfonamides is 1. The van der Waals surface area contributed by atoms with Gasteiger partial charge in [-0.05, 0) is 32.0 Å². The highest BCUT2D eigenvalue weighted by molar-refractivity contribution is 7.89. The molecule has 0 saturated carbocycles. The minimum atomic E-state index is -3.52. The largest absolute Gasteiger partial charge is 0.329 e. The van der Waals surface area contributed by atoms with E-state index in [0.717, 1.165) is 29.9 Å². The zero-order valence-electron chi connectivity index (χ0n) is 11.9. The number of rotatable bonds is 4. The fourth-order valence-electron chi connectivity index (χ4n) is 2.62. The maximum atomic E-state index is 12.7. The molecule has 3 heterocycles. The van der Waals surface area contributed by atoms with Gasteiger partial charge < -0.3 is 4.90 Å². The molecule has 1 atom stereocenters. The first-order chi connectivity index (χ1) is 10.5. The number of aromatic nitrogens is 2. The van der Waals surface area contributed by atoms with E-state index in [-0.39, 0.29) is 16.8 Å². The van der Waals surface area contributed by atoms with Crippen LogP contribution in [0.1, 0.15) is 34.2 Å². The lowest BCUT2D eigenvalue weighted by Crippen LogP contribution is -2.30. The van der Waals surface area contributed by atoms with Crippen molar-refractivity contribution in [2.45, 2.75) is 23.8 Å². The standard InChI is InChI=1S/C13H16N4O3S2/c1-14-22(19,20)9-7-12(21-8-9)13(18)17-6-2-3-11(17)10-4-5-15-16-10/h4-5,7-8,11,14H,2-3,6H2,1H3,(H,15,16). The summed E-state index contributed by atoms with van der Waals surface area (Å²) in [5.41, 5.74) is 0.908. The molecule has 9 heteroatoms. The fraction of sp³-hybridized carbons (Fsp3) is 0.385. The van der Waals surface area contributed by atoms with Gasteiger partial charge in [-0.25, -0.2) is 13.1 Å². The predicted molar refractivity (Wildman–Crippen MR) is 82.2 cm³/mol. The molecule has 0 spiro atoms. The third kappa shape index (κ3) is 2.67. The van der Waals surface area contributed by atoms with Crippen LogP contribution in [0.4, 0.5) is 0 Å². The van der Waals surface area contributed by atoms with Gasteiger partial charge in [-0.2, -0.15) is 5.10 Å². The molecule has 118 valence electrons. The first-order valence-electron chi connectivity index (χ1n) is 6.85. The van der Waals surface area contributed by atoms with Crippen LogP contribution in [-0.2, 0) is 10.0 Å². The lowest BCUT2D eigenvalue weighted by molar-refractivity contribution is 0.0737. The Morgan fingerprint density at radius 1 is 1.55 bits per heavy atom. The van der Waals surface area contributed by atoms with E-state index in [4.69, 9.17) is 0 Å². The van der Waals surface area contributed by atoms with Crippen LogP contribution in [0.25, 0.3) is 0 Å². The monoisotopic (exact) mass is 340 g/mol. The minimum Gasteiger partial charge on any atom is -0.329 e. The molecule has 1 aliphatic rings. The van der Waals surface area contributed by atoms with Gasteiger partial charge in [-0.15, -0.1) is 11.3 Å². The molecule has 2 aromatic rings. The van der Waals surface area contributed by atoms with Crippen molar-refractivity contribution in [1.29, 1.82) is 0 Å². The number of hydrogen-bond donors (Lipinski definition) is 2. The van der Waals surface area contributed by atoms with E-state index in [1.54, 1.807) is 11.1 Å². The van der Waals surface area contributed by atoms with Crippen LogP contribution in [0.15, 0.2) is 28.6 Å². The van der Waals surface area contributed by atoms with Crippen LogP contribution in [0.2, 0.25) is 0 Å². The van der Waals surface area contributed by atoms with Gasteiger partial charge in [0, 0.05) is 18.1 Å². The Labute approximate surface area is 132 Å². The number of aromatic amines is 1. The maximum absolute atomic E-state index is 12.7. The van der Waals surface area contributed by atoms with Gasteiger partial charge in [0.2, 0.25) is 10.0 Å². The molecule has 1 saturated heterocycles. The maximum Gasteiger partial charge on any atom is 0.264 e. The number of hydrogen-bond acceptors (Lipinski definition) is 5. The summed E-state index contributed by atoms with van der Waals surface area (Å²) < 4.78 is 25.8. The second kappa shape index (κ2) is 5.82. The predicted octanol–water partition coefficient (Wildman–Crippen LogP) is 1.36. The smallest absolute Gasteiger partial charge is 0.264 e. The van der Waals surface area contributed by atoms with E-state index in [0.29, 0.717) is 11.4 Å². The van der Waals surface area contributed by atoms with Crippen molar-refractivity contribution in [3.8, 4) is 0 Å². The first-order valence-corrected chi connectivity index (χ1v) is 9.21. The molecule has 1 unspecified atom stereocenters. The summed E-state index contributed by atoms with van der Waals surface area (Å²) in [6, 6.07) is 3.27. The number of likely N-dealkylation sites (tertiary alicyclic amines) is 1. The molecule has 1 fully saturated rings. The second-order valence-electron chi connectivity index (χ2n) is 5.02. The van der Waals surface area contributed by atoms with E-state index in [9.17, 15) is 13.2 Å². The Morgan fingerprint density at radius 2 is 2.36 bits per heavy atom. The topological polar surface area (TPSA) is 95.2 Å². The molecule has 0 aromatic carbocycles. The third-order valence-electron chi connectivity index (χ3n) is 3.76. The number of carbonyl (C=O) groups excluding carboxylic acids is 1. The lowest BCUT2D eigenvalue weighted by Gasteiger charge is -2.23. The molecular weight excluding hydrogens is 324 g/mol. The SMILES string of the molecule is CNS(=O)(=O)c1csc(C(=O)N2CCCC2c2ccn[nH]2)c1. The normalized spacial score (nSPS) is 18.8. The van der Waals surface area contributed by atoms with Crippen LogP contribution < -0.4 is 4.72 Å². The highest BCUT2D eigenvalue weighted by Crippen LogP contribution is 2.33. The molecule has 7 nitrogen and oxygen atoms in total. The number of thiophene rings is 1. The van der Waals surface area contributed by atoms with Crippen LogP contribution >= 0.6 is 11.3 Å². The third-order valence-corrected chi connectivity index (χ3v) is 6.22. The van der Waals surface area contributed by atoms with Crippen LogP contribution in [-0.4, -0.2) is 43.0 Å². The van der Waals surface area contributed by atoms with Gasteiger partial charge in [-0.1, -0.05) is 0 Å². The Balaban J connectivity index is 1.85. The zero-order chi connectivity index (χ0) is 15.7. The van der Waals surface area contributed by atoms with Crippen molar-refractivity contribution in [3.63, 3.8) is 0 Å². The lowest BCUT2D eigenvalue weighted by atomic mass is 10.1. The second-order valence-corrected chi connectivity index (χ2v) is 7.82. The average Bonchev–Trinajstić information content (AvgIpc) is 3.25. The molecule has 2 N–H and O–H groups in total. The van der Waals surface area contributed by atoms with Crippen LogP contribution in [0, 0.1) is 0 Å². The fourth-order valence-corrected chi connectivity index (χ4v) is 4.58. The number of H-pyrrole nitrogens is 1. The summed E-state index contributed by atoms with van der Waals surface area (Å²) in [7, 11) is -2.17. The molecule has 0 bridgehead atoms. The number of nitrogens with zero attached hydrogens (tertiary/aromatic N) is 2. The molecular formula is C13H16N4O3S2. The van der Waals surface area contributed by atoms with Gasteiger partial charge >= 0.3 is 0 Å². The van der Waals surface area contributed by atoms with Crippen molar-refractivity contribution in [1.82, 2.24) is 19.8 Å². The Morgan fingerprint density at radius 3 is 3.05 bits per heavy atom. The van der Waals surface area contributed by atoms with E-state index in [1.165, 1.54) is 18.5 Å².